The highest BCUT2D eigenvalue weighted by molar-refractivity contribution is 14.1. The maximum atomic E-state index is 5.52. The minimum Gasteiger partial charge on any atom is -0.364 e. The molecule has 0 spiro atoms. The van der Waals surface area contributed by atoms with Crippen molar-refractivity contribution in [3.05, 3.63) is 33.4 Å². The molecule has 104 valence electrons. The lowest BCUT2D eigenvalue weighted by Gasteiger charge is -2.09. The Kier molecular flexibility index (Phi) is 8.84. The SMILES string of the molecule is CCOC(C#CCOCc1ccccc1I)OCC. The van der Waals surface area contributed by atoms with Crippen LogP contribution in [0.3, 0.4) is 0 Å². The summed E-state index contributed by atoms with van der Waals surface area (Å²) >= 11 is 2.30. The van der Waals surface area contributed by atoms with E-state index in [1.807, 2.05) is 26.0 Å². The highest BCUT2D eigenvalue weighted by Gasteiger charge is 2.01. The van der Waals surface area contributed by atoms with E-state index >= 15 is 0 Å². The first-order valence-electron chi connectivity index (χ1n) is 6.30. The molecule has 1 aromatic rings. The Morgan fingerprint density at radius 3 is 2.47 bits per heavy atom. The molecule has 0 aliphatic heterocycles. The average molecular weight is 374 g/mol. The summed E-state index contributed by atoms with van der Waals surface area (Å²) in [6.45, 7) is 5.96. The lowest BCUT2D eigenvalue weighted by molar-refractivity contribution is -0.0971. The number of rotatable bonds is 7. The van der Waals surface area contributed by atoms with Crippen molar-refractivity contribution in [3.8, 4) is 11.8 Å². The molecule has 0 unspecified atom stereocenters. The van der Waals surface area contributed by atoms with Crippen LogP contribution in [0, 0.1) is 15.4 Å². The van der Waals surface area contributed by atoms with Crippen molar-refractivity contribution in [1.29, 1.82) is 0 Å². The molecule has 0 fully saturated rings. The minimum absolute atomic E-state index is 0.377. The predicted octanol–water partition coefficient (Wildman–Crippen LogP) is 3.21. The monoisotopic (exact) mass is 374 g/mol. The van der Waals surface area contributed by atoms with Crippen LogP contribution in [0.25, 0.3) is 0 Å². The molecule has 0 amide bonds. The predicted molar refractivity (Wildman–Crippen MR) is 83.6 cm³/mol. The number of halogens is 1. The maximum absolute atomic E-state index is 5.52. The largest absolute Gasteiger partial charge is 0.364 e. The van der Waals surface area contributed by atoms with Gasteiger partial charge in [-0.15, -0.1) is 0 Å². The summed E-state index contributed by atoms with van der Waals surface area (Å²) in [5, 5.41) is 0. The van der Waals surface area contributed by atoms with E-state index in [1.54, 1.807) is 0 Å². The first-order chi connectivity index (χ1) is 9.27. The van der Waals surface area contributed by atoms with Gasteiger partial charge in [0, 0.05) is 16.8 Å². The minimum atomic E-state index is -0.449. The fourth-order valence-corrected chi connectivity index (χ4v) is 1.93. The summed E-state index contributed by atoms with van der Waals surface area (Å²) in [4.78, 5) is 0. The lowest BCUT2D eigenvalue weighted by Crippen LogP contribution is -2.15. The first kappa shape index (κ1) is 16.4. The molecule has 0 radical (unpaired) electrons. The fraction of sp³-hybridized carbons (Fsp3) is 0.467. The molecule has 3 nitrogen and oxygen atoms in total. The summed E-state index contributed by atoms with van der Waals surface area (Å²) in [6.07, 6.45) is -0.449. The van der Waals surface area contributed by atoms with Gasteiger partial charge in [0.15, 0.2) is 0 Å². The van der Waals surface area contributed by atoms with Gasteiger partial charge in [-0.1, -0.05) is 24.1 Å². The van der Waals surface area contributed by atoms with Gasteiger partial charge in [0.2, 0.25) is 6.29 Å². The van der Waals surface area contributed by atoms with Gasteiger partial charge >= 0.3 is 0 Å². The molecule has 0 aromatic heterocycles. The van der Waals surface area contributed by atoms with Crippen LogP contribution in [0.4, 0.5) is 0 Å². The smallest absolute Gasteiger partial charge is 0.222 e. The standard InChI is InChI=1S/C15H19IO3/c1-3-18-15(19-4-2)10-7-11-17-12-13-8-5-6-9-14(13)16/h5-6,8-9,15H,3-4,11-12H2,1-2H3. The first-order valence-corrected chi connectivity index (χ1v) is 7.38. The molecule has 1 aromatic carbocycles. The van der Waals surface area contributed by atoms with E-state index in [0.717, 1.165) is 0 Å². The Hall–Kier alpha value is -0.610. The summed E-state index contributed by atoms with van der Waals surface area (Å²) < 4.78 is 17.3. The van der Waals surface area contributed by atoms with Crippen LogP contribution in [0.2, 0.25) is 0 Å². The molecular weight excluding hydrogens is 355 g/mol. The molecule has 0 saturated heterocycles. The Morgan fingerprint density at radius 2 is 1.84 bits per heavy atom. The molecular formula is C15H19IO3. The third-order valence-corrected chi connectivity index (χ3v) is 3.30. The number of ether oxygens (including phenoxy) is 3. The van der Waals surface area contributed by atoms with Crippen LogP contribution in [-0.4, -0.2) is 26.1 Å². The highest BCUT2D eigenvalue weighted by atomic mass is 127. The Bertz CT molecular complexity index is 417. The van der Waals surface area contributed by atoms with Crippen LogP contribution in [-0.2, 0) is 20.8 Å². The van der Waals surface area contributed by atoms with Crippen LogP contribution < -0.4 is 0 Å². The van der Waals surface area contributed by atoms with E-state index in [0.29, 0.717) is 26.4 Å². The molecule has 0 bridgehead atoms. The quantitative estimate of drug-likeness (QED) is 0.318. The van der Waals surface area contributed by atoms with Crippen LogP contribution in [0.15, 0.2) is 24.3 Å². The molecule has 0 aliphatic carbocycles. The van der Waals surface area contributed by atoms with Crippen molar-refractivity contribution < 1.29 is 14.2 Å². The maximum Gasteiger partial charge on any atom is 0.222 e. The van der Waals surface area contributed by atoms with Crippen LogP contribution >= 0.6 is 22.6 Å². The van der Waals surface area contributed by atoms with Crippen molar-refractivity contribution in [2.24, 2.45) is 0 Å². The van der Waals surface area contributed by atoms with E-state index in [1.165, 1.54) is 9.13 Å². The number of hydrogen-bond acceptors (Lipinski definition) is 3. The summed E-state index contributed by atoms with van der Waals surface area (Å²) in [5.74, 6) is 5.82. The molecule has 0 saturated carbocycles. The zero-order chi connectivity index (χ0) is 13.9. The molecule has 0 atom stereocenters. The third-order valence-electron chi connectivity index (χ3n) is 2.25. The summed E-state index contributed by atoms with van der Waals surface area (Å²) in [5.41, 5.74) is 1.18. The van der Waals surface area contributed by atoms with Crippen molar-refractivity contribution in [3.63, 3.8) is 0 Å². The zero-order valence-electron chi connectivity index (χ0n) is 11.3. The third kappa shape index (κ3) is 6.92. The summed E-state index contributed by atoms with van der Waals surface area (Å²) in [7, 11) is 0. The second-order valence-corrected chi connectivity index (χ2v) is 4.81. The normalized spacial score (nSPS) is 10.3. The second-order valence-electron chi connectivity index (χ2n) is 3.65. The van der Waals surface area contributed by atoms with Gasteiger partial charge in [0.1, 0.15) is 6.61 Å². The second kappa shape index (κ2) is 10.2. The summed E-state index contributed by atoms with van der Waals surface area (Å²) in [6, 6.07) is 8.14. The lowest BCUT2D eigenvalue weighted by atomic mass is 10.2. The molecule has 19 heavy (non-hydrogen) atoms. The molecule has 0 aliphatic rings. The van der Waals surface area contributed by atoms with Crippen molar-refractivity contribution in [2.45, 2.75) is 26.7 Å². The van der Waals surface area contributed by atoms with E-state index in [-0.39, 0.29) is 0 Å². The molecule has 1 rings (SSSR count). The fourth-order valence-electron chi connectivity index (χ4n) is 1.39. The van der Waals surface area contributed by atoms with E-state index < -0.39 is 6.29 Å². The van der Waals surface area contributed by atoms with Gasteiger partial charge in [-0.25, -0.2) is 0 Å². The van der Waals surface area contributed by atoms with Gasteiger partial charge in [-0.2, -0.15) is 0 Å². The van der Waals surface area contributed by atoms with Gasteiger partial charge in [0.25, 0.3) is 0 Å². The average Bonchev–Trinajstić information content (AvgIpc) is 2.41. The van der Waals surface area contributed by atoms with E-state index in [2.05, 4.69) is 46.6 Å². The van der Waals surface area contributed by atoms with Gasteiger partial charge in [-0.3, -0.25) is 0 Å². The van der Waals surface area contributed by atoms with Gasteiger partial charge in [0.05, 0.1) is 6.61 Å². The van der Waals surface area contributed by atoms with Gasteiger partial charge < -0.3 is 14.2 Å². The van der Waals surface area contributed by atoms with Crippen molar-refractivity contribution in [1.82, 2.24) is 0 Å². The molecule has 0 heterocycles. The van der Waals surface area contributed by atoms with E-state index in [4.69, 9.17) is 14.2 Å². The van der Waals surface area contributed by atoms with Gasteiger partial charge in [-0.05, 0) is 54.0 Å². The molecule has 0 N–H and O–H groups in total. The number of hydrogen-bond donors (Lipinski definition) is 0. The van der Waals surface area contributed by atoms with Crippen LogP contribution in [0.1, 0.15) is 19.4 Å². The zero-order valence-corrected chi connectivity index (χ0v) is 13.5. The van der Waals surface area contributed by atoms with Crippen molar-refractivity contribution in [2.75, 3.05) is 19.8 Å². The Labute approximate surface area is 128 Å². The van der Waals surface area contributed by atoms with Crippen LogP contribution in [0.5, 0.6) is 0 Å². The topological polar surface area (TPSA) is 27.7 Å². The number of benzene rings is 1. The Balaban J connectivity index is 2.32. The molecule has 4 heteroatoms. The highest BCUT2D eigenvalue weighted by Crippen LogP contribution is 2.11. The van der Waals surface area contributed by atoms with Crippen molar-refractivity contribution >= 4 is 22.6 Å². The Morgan fingerprint density at radius 1 is 1.16 bits per heavy atom. The van der Waals surface area contributed by atoms with E-state index in [9.17, 15) is 0 Å².